The van der Waals surface area contributed by atoms with E-state index in [-0.39, 0.29) is 17.1 Å². The van der Waals surface area contributed by atoms with E-state index >= 15 is 0 Å². The highest BCUT2D eigenvalue weighted by atomic mass is 16.2. The van der Waals surface area contributed by atoms with Crippen molar-refractivity contribution in [2.75, 3.05) is 6.54 Å². The van der Waals surface area contributed by atoms with Gasteiger partial charge in [0, 0.05) is 6.54 Å². The monoisotopic (exact) mass is 224 g/mol. The molecule has 1 unspecified atom stereocenters. The van der Waals surface area contributed by atoms with E-state index in [1.54, 1.807) is 0 Å². The molecule has 1 aliphatic carbocycles. The van der Waals surface area contributed by atoms with Crippen LogP contribution in [0.15, 0.2) is 0 Å². The molecule has 16 heavy (non-hydrogen) atoms. The van der Waals surface area contributed by atoms with Gasteiger partial charge in [0.2, 0.25) is 5.91 Å². The molecule has 3 heteroatoms. The average Bonchev–Trinajstić information content (AvgIpc) is 2.98. The summed E-state index contributed by atoms with van der Waals surface area (Å²) in [6.45, 7) is 9.71. The summed E-state index contributed by atoms with van der Waals surface area (Å²) >= 11 is 0. The first kappa shape index (κ1) is 11.9. The summed E-state index contributed by atoms with van der Waals surface area (Å²) < 4.78 is 0. The van der Waals surface area contributed by atoms with Crippen LogP contribution in [0.2, 0.25) is 0 Å². The van der Waals surface area contributed by atoms with E-state index < -0.39 is 0 Å². The molecule has 1 heterocycles. The van der Waals surface area contributed by atoms with Crippen LogP contribution in [0.1, 0.15) is 53.4 Å². The van der Waals surface area contributed by atoms with Gasteiger partial charge in [-0.3, -0.25) is 10.1 Å². The minimum atomic E-state index is -0.148. The summed E-state index contributed by atoms with van der Waals surface area (Å²) in [5, 5.41) is 3.51. The summed E-state index contributed by atoms with van der Waals surface area (Å²) in [7, 11) is 0. The van der Waals surface area contributed by atoms with E-state index in [4.69, 9.17) is 0 Å². The molecule has 2 fully saturated rings. The van der Waals surface area contributed by atoms with Crippen molar-refractivity contribution >= 4 is 5.91 Å². The van der Waals surface area contributed by atoms with E-state index in [0.29, 0.717) is 5.91 Å². The summed E-state index contributed by atoms with van der Waals surface area (Å²) in [4.78, 5) is 14.4. The van der Waals surface area contributed by atoms with Gasteiger partial charge in [0.15, 0.2) is 0 Å². The molecule has 0 aromatic rings. The Bertz CT molecular complexity index is 294. The van der Waals surface area contributed by atoms with E-state index in [9.17, 15) is 4.79 Å². The molecule has 1 saturated carbocycles. The van der Waals surface area contributed by atoms with Crippen LogP contribution in [0.3, 0.4) is 0 Å². The number of carbonyl (C=O) groups is 1. The first-order valence-electron chi connectivity index (χ1n) is 6.53. The third kappa shape index (κ3) is 1.86. The zero-order valence-corrected chi connectivity index (χ0v) is 11.0. The number of hydrogen-bond donors (Lipinski definition) is 1. The molecule has 1 saturated heterocycles. The Balaban J connectivity index is 2.10. The molecule has 1 aliphatic heterocycles. The van der Waals surface area contributed by atoms with Gasteiger partial charge in [-0.25, -0.2) is 0 Å². The zero-order valence-electron chi connectivity index (χ0n) is 11.0. The van der Waals surface area contributed by atoms with E-state index in [0.717, 1.165) is 32.2 Å². The largest absolute Gasteiger partial charge is 0.325 e. The molecule has 0 radical (unpaired) electrons. The molecule has 1 spiro atoms. The lowest BCUT2D eigenvalue weighted by Gasteiger charge is -2.32. The Morgan fingerprint density at radius 1 is 1.44 bits per heavy atom. The van der Waals surface area contributed by atoms with Gasteiger partial charge in [-0.1, -0.05) is 27.7 Å². The van der Waals surface area contributed by atoms with Crippen LogP contribution in [0, 0.1) is 5.41 Å². The minimum absolute atomic E-state index is 0.148. The normalized spacial score (nSPS) is 27.9. The molecule has 92 valence electrons. The molecule has 0 aromatic heterocycles. The van der Waals surface area contributed by atoms with Crippen molar-refractivity contribution in [3.63, 3.8) is 0 Å². The van der Waals surface area contributed by atoms with Crippen LogP contribution in [0.25, 0.3) is 0 Å². The fraction of sp³-hybridized carbons (Fsp3) is 0.923. The minimum Gasteiger partial charge on any atom is -0.325 e. The molecule has 2 aliphatic rings. The highest BCUT2D eigenvalue weighted by Gasteiger charge is 2.58. The van der Waals surface area contributed by atoms with E-state index in [1.807, 2.05) is 0 Å². The zero-order chi connectivity index (χ0) is 12.0. The maximum Gasteiger partial charge on any atom is 0.244 e. The molecule has 1 amide bonds. The smallest absolute Gasteiger partial charge is 0.244 e. The van der Waals surface area contributed by atoms with Crippen molar-refractivity contribution < 1.29 is 4.79 Å². The van der Waals surface area contributed by atoms with Crippen LogP contribution < -0.4 is 5.32 Å². The number of carbonyl (C=O) groups excluding carboxylic acids is 1. The number of rotatable bonds is 4. The van der Waals surface area contributed by atoms with Gasteiger partial charge >= 0.3 is 0 Å². The lowest BCUT2D eigenvalue weighted by Crippen LogP contribution is -2.42. The number of nitrogens with one attached hydrogen (secondary N) is 1. The van der Waals surface area contributed by atoms with Crippen molar-refractivity contribution in [2.24, 2.45) is 5.41 Å². The van der Waals surface area contributed by atoms with Crippen LogP contribution in [0.4, 0.5) is 0 Å². The number of amides is 1. The number of nitrogens with zero attached hydrogens (tertiary/aromatic N) is 1. The van der Waals surface area contributed by atoms with Crippen molar-refractivity contribution in [2.45, 2.75) is 65.1 Å². The SMILES string of the molecule is CCC1NC2(CC2)C(=O)N1CC(C)(C)CC. The van der Waals surface area contributed by atoms with Gasteiger partial charge in [0.25, 0.3) is 0 Å². The van der Waals surface area contributed by atoms with Crippen LogP contribution in [0.5, 0.6) is 0 Å². The lowest BCUT2D eigenvalue weighted by atomic mass is 9.89. The predicted molar refractivity (Wildman–Crippen MR) is 65.0 cm³/mol. The van der Waals surface area contributed by atoms with Crippen molar-refractivity contribution in [1.82, 2.24) is 10.2 Å². The second kappa shape index (κ2) is 3.73. The highest BCUT2D eigenvalue weighted by molar-refractivity contribution is 5.91. The van der Waals surface area contributed by atoms with Gasteiger partial charge in [-0.15, -0.1) is 0 Å². The third-order valence-electron chi connectivity index (χ3n) is 4.18. The maximum atomic E-state index is 12.3. The maximum absolute atomic E-state index is 12.3. The fourth-order valence-corrected chi connectivity index (χ4v) is 2.44. The van der Waals surface area contributed by atoms with Gasteiger partial charge < -0.3 is 4.90 Å². The Labute approximate surface area is 98.6 Å². The quantitative estimate of drug-likeness (QED) is 0.793. The number of hydrogen-bond acceptors (Lipinski definition) is 2. The predicted octanol–water partition coefficient (Wildman–Crippen LogP) is 2.12. The van der Waals surface area contributed by atoms with Crippen LogP contribution in [-0.2, 0) is 4.79 Å². The molecule has 2 rings (SSSR count). The summed E-state index contributed by atoms with van der Waals surface area (Å²) in [5.74, 6) is 0.348. The van der Waals surface area contributed by atoms with E-state index in [1.165, 1.54) is 0 Å². The van der Waals surface area contributed by atoms with Crippen molar-refractivity contribution in [3.05, 3.63) is 0 Å². The molecule has 0 aromatic carbocycles. The standard InChI is InChI=1S/C13H24N2O/c1-5-10-14-13(7-8-13)11(16)15(10)9-12(3,4)6-2/h10,14H,5-9H2,1-4H3. The summed E-state index contributed by atoms with van der Waals surface area (Å²) in [6.07, 6.45) is 4.45. The second-order valence-corrected chi connectivity index (χ2v) is 6.10. The van der Waals surface area contributed by atoms with Gasteiger partial charge in [0.05, 0.1) is 11.7 Å². The first-order chi connectivity index (χ1) is 7.44. The molecular formula is C13H24N2O. The van der Waals surface area contributed by atoms with Gasteiger partial charge in [-0.2, -0.15) is 0 Å². The molecule has 0 bridgehead atoms. The summed E-state index contributed by atoms with van der Waals surface area (Å²) in [5.41, 5.74) is 0.0790. The Morgan fingerprint density at radius 2 is 2.06 bits per heavy atom. The first-order valence-corrected chi connectivity index (χ1v) is 6.53. The van der Waals surface area contributed by atoms with Crippen LogP contribution in [-0.4, -0.2) is 29.1 Å². The second-order valence-electron chi connectivity index (χ2n) is 6.10. The van der Waals surface area contributed by atoms with Crippen molar-refractivity contribution in [1.29, 1.82) is 0 Å². The van der Waals surface area contributed by atoms with Crippen LogP contribution >= 0.6 is 0 Å². The molecule has 1 N–H and O–H groups in total. The van der Waals surface area contributed by atoms with E-state index in [2.05, 4.69) is 37.9 Å². The molecule has 3 nitrogen and oxygen atoms in total. The lowest BCUT2D eigenvalue weighted by molar-refractivity contribution is -0.132. The Kier molecular flexibility index (Phi) is 2.77. The Morgan fingerprint density at radius 3 is 2.50 bits per heavy atom. The molecular weight excluding hydrogens is 200 g/mol. The average molecular weight is 224 g/mol. The van der Waals surface area contributed by atoms with Crippen molar-refractivity contribution in [3.8, 4) is 0 Å². The molecule has 1 atom stereocenters. The topological polar surface area (TPSA) is 32.3 Å². The third-order valence-corrected chi connectivity index (χ3v) is 4.18. The fourth-order valence-electron chi connectivity index (χ4n) is 2.44. The van der Waals surface area contributed by atoms with Gasteiger partial charge in [-0.05, 0) is 31.1 Å². The highest BCUT2D eigenvalue weighted by Crippen LogP contribution is 2.43. The Hall–Kier alpha value is -0.570. The van der Waals surface area contributed by atoms with Gasteiger partial charge in [0.1, 0.15) is 0 Å². The summed E-state index contributed by atoms with van der Waals surface area (Å²) in [6, 6.07) is 0.